The van der Waals surface area contributed by atoms with Gasteiger partial charge < -0.3 is 10.1 Å². The number of hydrogen-bond acceptors (Lipinski definition) is 4. The Bertz CT molecular complexity index is 982. The van der Waals surface area contributed by atoms with Gasteiger partial charge in [0.1, 0.15) is 0 Å². The summed E-state index contributed by atoms with van der Waals surface area (Å²) in [5.41, 5.74) is 8.69. The van der Waals surface area contributed by atoms with E-state index in [2.05, 4.69) is 9.97 Å². The van der Waals surface area contributed by atoms with Gasteiger partial charge in [-0.15, -0.1) is 0 Å². The zero-order valence-corrected chi connectivity index (χ0v) is 11.0. The number of para-hydroxylation sites is 2. The second-order valence-corrected chi connectivity index (χ2v) is 4.74. The van der Waals surface area contributed by atoms with Gasteiger partial charge in [0.25, 0.3) is 5.91 Å². The number of imidazole rings is 2. The molecule has 0 aliphatic carbocycles. The molecule has 1 aromatic carbocycles. The van der Waals surface area contributed by atoms with Crippen molar-refractivity contribution in [3.63, 3.8) is 0 Å². The fourth-order valence-corrected chi connectivity index (χ4v) is 2.44. The summed E-state index contributed by atoms with van der Waals surface area (Å²) in [7, 11) is 0. The highest BCUT2D eigenvalue weighted by molar-refractivity contribution is 6.03. The van der Waals surface area contributed by atoms with E-state index in [1.165, 1.54) is 4.57 Å². The number of hydrogen-bond donors (Lipinski definition) is 1. The second kappa shape index (κ2) is 4.17. The summed E-state index contributed by atoms with van der Waals surface area (Å²) in [6.07, 6.45) is 5.18. The van der Waals surface area contributed by atoms with Crippen LogP contribution in [0.1, 0.15) is 10.4 Å². The number of pyridine rings is 1. The third-order valence-electron chi connectivity index (χ3n) is 3.45. The summed E-state index contributed by atoms with van der Waals surface area (Å²) in [5.74, 6) is -0.0144. The lowest BCUT2D eigenvalue weighted by Gasteiger charge is -2.05. The zero-order valence-electron chi connectivity index (χ0n) is 11.0. The minimum atomic E-state index is -0.204. The zero-order chi connectivity index (χ0) is 14.4. The third-order valence-corrected chi connectivity index (χ3v) is 3.45. The normalized spacial score (nSPS) is 11.2. The lowest BCUT2D eigenvalue weighted by molar-refractivity contribution is 0.0967. The van der Waals surface area contributed by atoms with Gasteiger partial charge in [0.2, 0.25) is 5.95 Å². The topological polar surface area (TPSA) is 78.2 Å². The maximum absolute atomic E-state index is 12.7. The second-order valence-electron chi connectivity index (χ2n) is 4.74. The van der Waals surface area contributed by atoms with E-state index in [9.17, 15) is 4.79 Å². The van der Waals surface area contributed by atoms with Crippen LogP contribution in [0, 0.1) is 0 Å². The molecule has 0 fully saturated rings. The standard InChI is InChI=1S/C15H11N5O/c16-15-18-12-3-1-2-4-13(12)20(15)14(21)10-5-6-19-9-17-8-11(19)7-10/h1-9H,(H2,16,18). The van der Waals surface area contributed by atoms with E-state index < -0.39 is 0 Å². The predicted octanol–water partition coefficient (Wildman–Crippen LogP) is 1.95. The van der Waals surface area contributed by atoms with Gasteiger partial charge in [-0.1, -0.05) is 12.1 Å². The molecular weight excluding hydrogens is 266 g/mol. The fourth-order valence-electron chi connectivity index (χ4n) is 2.44. The number of anilines is 1. The van der Waals surface area contributed by atoms with Crippen molar-refractivity contribution >= 4 is 28.4 Å². The minimum absolute atomic E-state index is 0.189. The number of nitrogens with two attached hydrogens (primary N) is 1. The van der Waals surface area contributed by atoms with Gasteiger partial charge in [0.15, 0.2) is 0 Å². The van der Waals surface area contributed by atoms with Crippen molar-refractivity contribution in [3.05, 3.63) is 60.7 Å². The maximum Gasteiger partial charge on any atom is 0.265 e. The highest BCUT2D eigenvalue weighted by atomic mass is 16.2. The molecule has 102 valence electrons. The van der Waals surface area contributed by atoms with Crippen molar-refractivity contribution in [1.29, 1.82) is 0 Å². The third kappa shape index (κ3) is 1.69. The maximum atomic E-state index is 12.7. The Morgan fingerprint density at radius 1 is 1.19 bits per heavy atom. The largest absolute Gasteiger partial charge is 0.369 e. The van der Waals surface area contributed by atoms with E-state index in [1.807, 2.05) is 28.7 Å². The van der Waals surface area contributed by atoms with Crippen molar-refractivity contribution in [2.24, 2.45) is 0 Å². The Morgan fingerprint density at radius 2 is 2.05 bits per heavy atom. The molecule has 0 saturated heterocycles. The van der Waals surface area contributed by atoms with Gasteiger partial charge in [-0.05, 0) is 24.3 Å². The molecule has 0 radical (unpaired) electrons. The smallest absolute Gasteiger partial charge is 0.265 e. The van der Waals surface area contributed by atoms with Crippen LogP contribution in [0.4, 0.5) is 5.95 Å². The molecule has 4 aromatic rings. The van der Waals surface area contributed by atoms with Gasteiger partial charge in [-0.2, -0.15) is 0 Å². The summed E-state index contributed by atoms with van der Waals surface area (Å²) in [5, 5.41) is 0. The molecule has 0 aliphatic heterocycles. The molecule has 6 nitrogen and oxygen atoms in total. The number of rotatable bonds is 1. The van der Waals surface area contributed by atoms with Crippen LogP contribution in [0.15, 0.2) is 55.1 Å². The molecule has 4 rings (SSSR count). The Labute approximate surface area is 119 Å². The Kier molecular flexibility index (Phi) is 2.32. The fraction of sp³-hybridized carbons (Fsp3) is 0. The minimum Gasteiger partial charge on any atom is -0.369 e. The van der Waals surface area contributed by atoms with Crippen LogP contribution in [0.3, 0.4) is 0 Å². The Balaban J connectivity index is 1.91. The average Bonchev–Trinajstić information content (AvgIpc) is 3.08. The van der Waals surface area contributed by atoms with Gasteiger partial charge >= 0.3 is 0 Å². The quantitative estimate of drug-likeness (QED) is 0.577. The lowest BCUT2D eigenvalue weighted by atomic mass is 10.2. The number of nitrogens with zero attached hydrogens (tertiary/aromatic N) is 4. The Hall–Kier alpha value is -3.15. The molecule has 0 bridgehead atoms. The van der Waals surface area contributed by atoms with Gasteiger partial charge in [-0.3, -0.25) is 4.79 Å². The van der Waals surface area contributed by atoms with E-state index in [4.69, 9.17) is 5.73 Å². The summed E-state index contributed by atoms with van der Waals surface area (Å²) in [6.45, 7) is 0. The van der Waals surface area contributed by atoms with E-state index in [0.29, 0.717) is 16.6 Å². The van der Waals surface area contributed by atoms with E-state index in [-0.39, 0.29) is 11.9 Å². The molecule has 6 heteroatoms. The van der Waals surface area contributed by atoms with E-state index >= 15 is 0 Å². The molecule has 3 heterocycles. The van der Waals surface area contributed by atoms with Gasteiger partial charge in [0, 0.05) is 11.8 Å². The molecule has 21 heavy (non-hydrogen) atoms. The molecule has 0 atom stereocenters. The highest BCUT2D eigenvalue weighted by Gasteiger charge is 2.16. The SMILES string of the molecule is Nc1nc2ccccc2n1C(=O)c1ccn2cncc2c1. The lowest BCUT2D eigenvalue weighted by Crippen LogP contribution is -2.14. The van der Waals surface area contributed by atoms with Crippen molar-refractivity contribution in [3.8, 4) is 0 Å². The molecule has 0 unspecified atom stereocenters. The molecule has 0 saturated carbocycles. The number of aromatic nitrogens is 4. The number of benzene rings is 1. The average molecular weight is 277 g/mol. The molecule has 2 N–H and O–H groups in total. The van der Waals surface area contributed by atoms with Crippen LogP contribution < -0.4 is 5.73 Å². The number of carbonyl (C=O) groups excluding carboxylic acids is 1. The van der Waals surface area contributed by atoms with Crippen molar-refractivity contribution in [1.82, 2.24) is 18.9 Å². The van der Waals surface area contributed by atoms with Crippen LogP contribution in [-0.2, 0) is 0 Å². The van der Waals surface area contributed by atoms with Crippen LogP contribution in [0.2, 0.25) is 0 Å². The first-order valence-corrected chi connectivity index (χ1v) is 6.43. The molecule has 0 amide bonds. The first kappa shape index (κ1) is 11.7. The summed E-state index contributed by atoms with van der Waals surface area (Å²) >= 11 is 0. The molecule has 0 aliphatic rings. The van der Waals surface area contributed by atoms with E-state index in [1.54, 1.807) is 30.9 Å². The monoisotopic (exact) mass is 277 g/mol. The van der Waals surface area contributed by atoms with Crippen LogP contribution in [-0.4, -0.2) is 24.8 Å². The van der Waals surface area contributed by atoms with Crippen molar-refractivity contribution < 1.29 is 4.79 Å². The number of nitrogen functional groups attached to an aromatic ring is 1. The summed E-state index contributed by atoms with van der Waals surface area (Å²) in [4.78, 5) is 21.0. The number of fused-ring (bicyclic) bond motifs is 2. The first-order valence-electron chi connectivity index (χ1n) is 6.43. The van der Waals surface area contributed by atoms with E-state index in [0.717, 1.165) is 5.52 Å². The highest BCUT2D eigenvalue weighted by Crippen LogP contribution is 2.19. The molecular formula is C15H11N5O. The summed E-state index contributed by atoms with van der Waals surface area (Å²) < 4.78 is 3.27. The van der Waals surface area contributed by atoms with Crippen LogP contribution in [0.5, 0.6) is 0 Å². The van der Waals surface area contributed by atoms with Crippen LogP contribution in [0.25, 0.3) is 16.6 Å². The Morgan fingerprint density at radius 3 is 2.95 bits per heavy atom. The first-order chi connectivity index (χ1) is 10.2. The van der Waals surface area contributed by atoms with Crippen LogP contribution >= 0.6 is 0 Å². The molecule has 0 spiro atoms. The predicted molar refractivity (Wildman–Crippen MR) is 79.1 cm³/mol. The molecule has 3 aromatic heterocycles. The van der Waals surface area contributed by atoms with Gasteiger partial charge in [0.05, 0.1) is 29.1 Å². The summed E-state index contributed by atoms with van der Waals surface area (Å²) in [6, 6.07) is 10.9. The van der Waals surface area contributed by atoms with Crippen molar-refractivity contribution in [2.45, 2.75) is 0 Å². The number of carbonyl (C=O) groups is 1. The van der Waals surface area contributed by atoms with Gasteiger partial charge in [-0.25, -0.2) is 14.5 Å². The van der Waals surface area contributed by atoms with Crippen molar-refractivity contribution in [2.75, 3.05) is 5.73 Å².